The summed E-state index contributed by atoms with van der Waals surface area (Å²) in [6.45, 7) is 18.9. The third kappa shape index (κ3) is 7.56. The van der Waals surface area contributed by atoms with Gasteiger partial charge in [0.05, 0.1) is 23.5 Å². The van der Waals surface area contributed by atoms with Crippen LogP contribution in [0.4, 0.5) is 0 Å². The van der Waals surface area contributed by atoms with Gasteiger partial charge in [-0.1, -0.05) is 27.7 Å². The van der Waals surface area contributed by atoms with Crippen molar-refractivity contribution in [3.63, 3.8) is 0 Å². The summed E-state index contributed by atoms with van der Waals surface area (Å²) in [7, 11) is 1.57. The molecule has 0 aliphatic carbocycles. The predicted octanol–water partition coefficient (Wildman–Crippen LogP) is 7.74. The smallest absolute Gasteiger partial charge is 0.316 e. The molecule has 6 heteroatoms. The standard InChI is InChI=1S/C32H42O6/c1-19(2)24-18-25(20(3)4)28(38-30(35)32(8,9)10)23(27(24)36-11)16-17-26(33)21-12-14-22(15-13-21)37-29(34)31(5,6)7/h12-20H,1-11H3/b17-16+. The Kier molecular flexibility index (Phi) is 9.71. The number of carbonyl (C=O) groups is 3. The number of methoxy groups -OCH3 is 1. The molecule has 0 spiro atoms. The van der Waals surface area contributed by atoms with E-state index in [1.54, 1.807) is 79.0 Å². The van der Waals surface area contributed by atoms with Crippen LogP contribution in [0.5, 0.6) is 17.2 Å². The molecule has 2 rings (SSSR count). The Morgan fingerprint density at radius 2 is 1.21 bits per heavy atom. The van der Waals surface area contributed by atoms with Crippen molar-refractivity contribution in [2.24, 2.45) is 10.8 Å². The molecule has 206 valence electrons. The van der Waals surface area contributed by atoms with Gasteiger partial charge < -0.3 is 14.2 Å². The number of ketones is 1. The van der Waals surface area contributed by atoms with E-state index in [4.69, 9.17) is 14.2 Å². The maximum absolute atomic E-state index is 13.1. The third-order valence-electron chi connectivity index (χ3n) is 5.94. The average Bonchev–Trinajstić information content (AvgIpc) is 2.81. The van der Waals surface area contributed by atoms with Crippen LogP contribution < -0.4 is 14.2 Å². The normalized spacial score (nSPS) is 12.2. The van der Waals surface area contributed by atoms with Crippen molar-refractivity contribution in [1.29, 1.82) is 0 Å². The van der Waals surface area contributed by atoms with E-state index in [2.05, 4.69) is 13.8 Å². The Hall–Kier alpha value is -3.41. The fourth-order valence-corrected chi connectivity index (χ4v) is 3.51. The molecule has 0 bridgehead atoms. The zero-order chi connectivity index (χ0) is 29.0. The number of ether oxygens (including phenoxy) is 3. The van der Waals surface area contributed by atoms with Gasteiger partial charge in [-0.25, -0.2) is 0 Å². The molecule has 0 unspecified atom stereocenters. The van der Waals surface area contributed by atoms with Gasteiger partial charge in [0.25, 0.3) is 0 Å². The highest BCUT2D eigenvalue weighted by Crippen LogP contribution is 2.43. The summed E-state index contributed by atoms with van der Waals surface area (Å²) in [5.41, 5.74) is 1.45. The number of benzene rings is 2. The van der Waals surface area contributed by atoms with Gasteiger partial charge in [0.2, 0.25) is 0 Å². The first kappa shape index (κ1) is 30.8. The summed E-state index contributed by atoms with van der Waals surface area (Å²) in [5, 5.41) is 0. The first-order chi connectivity index (χ1) is 17.5. The molecule has 0 N–H and O–H groups in total. The molecule has 0 amide bonds. The molecule has 2 aromatic rings. The van der Waals surface area contributed by atoms with E-state index in [1.165, 1.54) is 6.08 Å². The highest BCUT2D eigenvalue weighted by molar-refractivity contribution is 6.07. The molecule has 0 saturated carbocycles. The second-order valence-electron chi connectivity index (χ2n) is 12.1. The molecule has 0 aliphatic heterocycles. The van der Waals surface area contributed by atoms with Gasteiger partial charge in [0.15, 0.2) is 5.78 Å². The Balaban J connectivity index is 2.55. The summed E-state index contributed by atoms with van der Waals surface area (Å²) in [6.07, 6.45) is 3.09. The van der Waals surface area contributed by atoms with Gasteiger partial charge in [-0.2, -0.15) is 0 Å². The van der Waals surface area contributed by atoms with Crippen LogP contribution in [0.25, 0.3) is 6.08 Å². The number of allylic oxidation sites excluding steroid dienone is 1. The van der Waals surface area contributed by atoms with Crippen molar-refractivity contribution in [3.8, 4) is 17.2 Å². The molecular formula is C32H42O6. The SMILES string of the molecule is COc1c(C(C)C)cc(C(C)C)c(OC(=O)C(C)(C)C)c1/C=C/C(=O)c1ccc(OC(=O)C(C)(C)C)cc1. The molecule has 6 nitrogen and oxygen atoms in total. The van der Waals surface area contributed by atoms with Gasteiger partial charge in [0.1, 0.15) is 17.2 Å². The Labute approximate surface area is 227 Å². The molecule has 0 heterocycles. The molecule has 0 atom stereocenters. The van der Waals surface area contributed by atoms with Crippen LogP contribution in [0.15, 0.2) is 36.4 Å². The van der Waals surface area contributed by atoms with E-state index in [0.29, 0.717) is 28.4 Å². The largest absolute Gasteiger partial charge is 0.496 e. The van der Waals surface area contributed by atoms with Crippen LogP contribution in [0, 0.1) is 10.8 Å². The molecule has 0 fully saturated rings. The lowest BCUT2D eigenvalue weighted by atomic mass is 9.90. The molecule has 0 aliphatic rings. The number of esters is 2. The van der Waals surface area contributed by atoms with Gasteiger partial charge in [-0.3, -0.25) is 14.4 Å². The second kappa shape index (κ2) is 12.0. The zero-order valence-electron chi connectivity index (χ0n) is 24.6. The van der Waals surface area contributed by atoms with Crippen molar-refractivity contribution in [1.82, 2.24) is 0 Å². The Bertz CT molecular complexity index is 1200. The van der Waals surface area contributed by atoms with E-state index < -0.39 is 10.8 Å². The topological polar surface area (TPSA) is 78.9 Å². The van der Waals surface area contributed by atoms with Crippen LogP contribution in [0.1, 0.15) is 108 Å². The number of carbonyl (C=O) groups excluding carboxylic acids is 3. The Morgan fingerprint density at radius 3 is 1.66 bits per heavy atom. The van der Waals surface area contributed by atoms with Gasteiger partial charge in [0, 0.05) is 5.56 Å². The summed E-state index contributed by atoms with van der Waals surface area (Å²) in [6, 6.07) is 8.44. The lowest BCUT2D eigenvalue weighted by Crippen LogP contribution is -2.26. The monoisotopic (exact) mass is 522 g/mol. The van der Waals surface area contributed by atoms with Crippen molar-refractivity contribution in [2.45, 2.75) is 81.1 Å². The number of hydrogen-bond acceptors (Lipinski definition) is 6. The summed E-state index contributed by atoms with van der Waals surface area (Å²) in [5.74, 6) is 0.550. The van der Waals surface area contributed by atoms with Crippen LogP contribution in [-0.4, -0.2) is 24.8 Å². The van der Waals surface area contributed by atoms with Gasteiger partial charge in [-0.05, 0) is 107 Å². The fraction of sp³-hybridized carbons (Fsp3) is 0.469. The first-order valence-corrected chi connectivity index (χ1v) is 13.0. The molecule has 38 heavy (non-hydrogen) atoms. The van der Waals surface area contributed by atoms with Crippen LogP contribution >= 0.6 is 0 Å². The van der Waals surface area contributed by atoms with Crippen molar-refractivity contribution in [2.75, 3.05) is 7.11 Å². The fourth-order valence-electron chi connectivity index (χ4n) is 3.51. The van der Waals surface area contributed by atoms with Crippen molar-refractivity contribution < 1.29 is 28.6 Å². The molecule has 0 aromatic heterocycles. The third-order valence-corrected chi connectivity index (χ3v) is 5.94. The highest BCUT2D eigenvalue weighted by Gasteiger charge is 2.29. The van der Waals surface area contributed by atoms with Crippen LogP contribution in [-0.2, 0) is 9.59 Å². The van der Waals surface area contributed by atoms with Crippen molar-refractivity contribution >= 4 is 23.8 Å². The quantitative estimate of drug-likeness (QED) is 0.153. The summed E-state index contributed by atoms with van der Waals surface area (Å²) < 4.78 is 17.2. The van der Waals surface area contributed by atoms with E-state index in [0.717, 1.165) is 11.1 Å². The number of hydrogen-bond donors (Lipinski definition) is 0. The summed E-state index contributed by atoms with van der Waals surface area (Å²) in [4.78, 5) is 38.2. The maximum atomic E-state index is 13.1. The number of rotatable bonds is 8. The minimum absolute atomic E-state index is 0.0624. The van der Waals surface area contributed by atoms with Gasteiger partial charge in [-0.15, -0.1) is 0 Å². The summed E-state index contributed by atoms with van der Waals surface area (Å²) >= 11 is 0. The molecular weight excluding hydrogens is 480 g/mol. The van der Waals surface area contributed by atoms with Crippen LogP contribution in [0.2, 0.25) is 0 Å². The van der Waals surface area contributed by atoms with Crippen molar-refractivity contribution in [3.05, 3.63) is 58.7 Å². The minimum Gasteiger partial charge on any atom is -0.496 e. The first-order valence-electron chi connectivity index (χ1n) is 13.0. The van der Waals surface area contributed by atoms with E-state index in [9.17, 15) is 14.4 Å². The molecule has 0 saturated heterocycles. The van der Waals surface area contributed by atoms with E-state index >= 15 is 0 Å². The lowest BCUT2D eigenvalue weighted by Gasteiger charge is -2.25. The van der Waals surface area contributed by atoms with E-state index in [1.807, 2.05) is 19.9 Å². The zero-order valence-corrected chi connectivity index (χ0v) is 24.6. The maximum Gasteiger partial charge on any atom is 0.316 e. The van der Waals surface area contributed by atoms with E-state index in [-0.39, 0.29) is 29.6 Å². The predicted molar refractivity (Wildman–Crippen MR) is 151 cm³/mol. The minimum atomic E-state index is -0.715. The lowest BCUT2D eigenvalue weighted by molar-refractivity contribution is -0.143. The Morgan fingerprint density at radius 1 is 0.737 bits per heavy atom. The molecule has 0 radical (unpaired) electrons. The molecule has 2 aromatic carbocycles. The highest BCUT2D eigenvalue weighted by atomic mass is 16.5. The van der Waals surface area contributed by atoms with Crippen LogP contribution in [0.3, 0.4) is 0 Å². The van der Waals surface area contributed by atoms with Gasteiger partial charge >= 0.3 is 11.9 Å². The second-order valence-corrected chi connectivity index (χ2v) is 12.1. The average molecular weight is 523 g/mol.